The van der Waals surface area contributed by atoms with Gasteiger partial charge in [0.05, 0.1) is 6.54 Å². The summed E-state index contributed by atoms with van der Waals surface area (Å²) in [7, 11) is 0. The van der Waals surface area contributed by atoms with Gasteiger partial charge in [-0.3, -0.25) is 14.7 Å². The number of amides is 1. The average molecular weight is 383 g/mol. The molecule has 0 bridgehead atoms. The maximum Gasteiger partial charge on any atom is 0.253 e. The van der Waals surface area contributed by atoms with Gasteiger partial charge in [-0.1, -0.05) is 0 Å². The monoisotopic (exact) mass is 383 g/mol. The van der Waals surface area contributed by atoms with Crippen LogP contribution in [0.3, 0.4) is 0 Å². The molecule has 1 spiro atoms. The molecule has 2 aromatic rings. The summed E-state index contributed by atoms with van der Waals surface area (Å²) in [5, 5.41) is 0. The summed E-state index contributed by atoms with van der Waals surface area (Å²) in [5.41, 5.74) is 0.802. The maximum absolute atomic E-state index is 13.0. The second-order valence-corrected chi connectivity index (χ2v) is 7.65. The molecule has 150 valence electrons. The van der Waals surface area contributed by atoms with E-state index in [1.54, 1.807) is 0 Å². The van der Waals surface area contributed by atoms with E-state index in [4.69, 9.17) is 4.74 Å². The molecule has 7 heteroatoms. The van der Waals surface area contributed by atoms with Gasteiger partial charge in [-0.15, -0.1) is 0 Å². The van der Waals surface area contributed by atoms with Crippen LogP contribution < -0.4 is 0 Å². The number of carbonyl (C=O) groups is 1. The standard InChI is InChI=1S/C21H29N5O2/c1-3-25(4-2)19(27)18-16-26-14-11-23-20(26)21(28-18)7-12-24(13-8-21)15-17-5-9-22-10-6-17/h5-6,9-11,14,18H,3-4,7-8,12-13,15-16H2,1-2H3/t18-/m1/s1. The number of likely N-dealkylation sites (N-methyl/N-ethyl adjacent to an activating group) is 1. The first kappa shape index (κ1) is 19.1. The zero-order chi connectivity index (χ0) is 19.6. The Hall–Kier alpha value is -2.25. The fourth-order valence-corrected chi connectivity index (χ4v) is 4.42. The van der Waals surface area contributed by atoms with Gasteiger partial charge in [0.1, 0.15) is 11.4 Å². The number of ether oxygens (including phenoxy) is 1. The first-order valence-corrected chi connectivity index (χ1v) is 10.2. The number of rotatable bonds is 5. The molecule has 0 N–H and O–H groups in total. The van der Waals surface area contributed by atoms with Gasteiger partial charge in [0.2, 0.25) is 0 Å². The third-order valence-electron chi connectivity index (χ3n) is 6.02. The number of nitrogens with zero attached hydrogens (tertiary/aromatic N) is 5. The second kappa shape index (κ2) is 8.01. The van der Waals surface area contributed by atoms with Crippen LogP contribution in [0.5, 0.6) is 0 Å². The van der Waals surface area contributed by atoms with E-state index >= 15 is 0 Å². The molecule has 0 radical (unpaired) electrons. The van der Waals surface area contributed by atoms with E-state index in [2.05, 4.69) is 31.6 Å². The van der Waals surface area contributed by atoms with Crippen molar-refractivity contribution in [2.45, 2.75) is 51.5 Å². The summed E-state index contributed by atoms with van der Waals surface area (Å²) in [5.74, 6) is 1.06. The van der Waals surface area contributed by atoms with E-state index in [0.717, 1.165) is 38.3 Å². The molecule has 0 saturated carbocycles. The summed E-state index contributed by atoms with van der Waals surface area (Å²) >= 11 is 0. The lowest BCUT2D eigenvalue weighted by molar-refractivity contribution is -0.181. The van der Waals surface area contributed by atoms with Crippen molar-refractivity contribution in [1.82, 2.24) is 24.3 Å². The molecule has 2 aliphatic heterocycles. The van der Waals surface area contributed by atoms with Crippen LogP contribution in [0.4, 0.5) is 0 Å². The number of hydrogen-bond donors (Lipinski definition) is 0. The first-order valence-electron chi connectivity index (χ1n) is 10.2. The van der Waals surface area contributed by atoms with Crippen molar-refractivity contribution in [2.24, 2.45) is 0 Å². The Kier molecular flexibility index (Phi) is 5.46. The third kappa shape index (κ3) is 3.56. The molecule has 1 fully saturated rings. The maximum atomic E-state index is 13.0. The van der Waals surface area contributed by atoms with E-state index in [9.17, 15) is 4.79 Å². The van der Waals surface area contributed by atoms with E-state index in [-0.39, 0.29) is 5.91 Å². The zero-order valence-corrected chi connectivity index (χ0v) is 16.8. The summed E-state index contributed by atoms with van der Waals surface area (Å²) < 4.78 is 8.65. The molecule has 1 saturated heterocycles. The molecule has 0 unspecified atom stereocenters. The Labute approximate surface area is 166 Å². The van der Waals surface area contributed by atoms with Crippen LogP contribution in [0.2, 0.25) is 0 Å². The number of likely N-dealkylation sites (tertiary alicyclic amines) is 1. The molecule has 2 aliphatic rings. The van der Waals surface area contributed by atoms with E-state index < -0.39 is 11.7 Å². The van der Waals surface area contributed by atoms with Crippen LogP contribution in [-0.4, -0.2) is 62.5 Å². The minimum Gasteiger partial charge on any atom is -0.352 e. The highest BCUT2D eigenvalue weighted by molar-refractivity contribution is 5.81. The molecule has 4 heterocycles. The molecular weight excluding hydrogens is 354 g/mol. The highest BCUT2D eigenvalue weighted by Crippen LogP contribution is 2.40. The van der Waals surface area contributed by atoms with Crippen molar-refractivity contribution in [3.05, 3.63) is 48.3 Å². The molecule has 0 aliphatic carbocycles. The smallest absolute Gasteiger partial charge is 0.253 e. The highest BCUT2D eigenvalue weighted by atomic mass is 16.5. The lowest BCUT2D eigenvalue weighted by Crippen LogP contribution is -2.54. The third-order valence-corrected chi connectivity index (χ3v) is 6.02. The largest absolute Gasteiger partial charge is 0.352 e. The molecule has 0 aromatic carbocycles. The Morgan fingerprint density at radius 1 is 1.21 bits per heavy atom. The van der Waals surface area contributed by atoms with Gasteiger partial charge < -0.3 is 14.2 Å². The van der Waals surface area contributed by atoms with Crippen LogP contribution in [0, 0.1) is 0 Å². The molecule has 1 atom stereocenters. The molecule has 1 amide bonds. The van der Waals surface area contributed by atoms with Crippen LogP contribution in [-0.2, 0) is 28.2 Å². The lowest BCUT2D eigenvalue weighted by atomic mass is 9.88. The Morgan fingerprint density at radius 3 is 2.61 bits per heavy atom. The number of carbonyl (C=O) groups excluding carboxylic acids is 1. The topological polar surface area (TPSA) is 63.5 Å². The van der Waals surface area contributed by atoms with Gasteiger partial charge in [0.25, 0.3) is 5.91 Å². The SMILES string of the molecule is CCN(CC)C(=O)[C@H]1Cn2ccnc2C2(CCN(Cc3ccncc3)CC2)O1. The van der Waals surface area contributed by atoms with Crippen molar-refractivity contribution >= 4 is 5.91 Å². The van der Waals surface area contributed by atoms with E-state index in [1.807, 2.05) is 43.5 Å². The van der Waals surface area contributed by atoms with Crippen molar-refractivity contribution in [2.75, 3.05) is 26.2 Å². The van der Waals surface area contributed by atoms with Gasteiger partial charge >= 0.3 is 0 Å². The molecule has 7 nitrogen and oxygen atoms in total. The van der Waals surface area contributed by atoms with E-state index in [1.165, 1.54) is 5.56 Å². The number of pyridine rings is 1. The van der Waals surface area contributed by atoms with Gasteiger partial charge in [-0.05, 0) is 44.4 Å². The Morgan fingerprint density at radius 2 is 1.93 bits per heavy atom. The van der Waals surface area contributed by atoms with Crippen molar-refractivity contribution in [1.29, 1.82) is 0 Å². The minimum atomic E-state index is -0.468. The number of piperidine rings is 1. The van der Waals surface area contributed by atoms with Gasteiger partial charge in [0.15, 0.2) is 6.10 Å². The first-order chi connectivity index (χ1) is 13.6. The van der Waals surface area contributed by atoms with Crippen molar-refractivity contribution in [3.8, 4) is 0 Å². The summed E-state index contributed by atoms with van der Waals surface area (Å²) in [6.45, 7) is 8.74. The number of aromatic nitrogens is 3. The predicted octanol–water partition coefficient (Wildman–Crippen LogP) is 2.04. The average Bonchev–Trinajstić information content (AvgIpc) is 3.21. The van der Waals surface area contributed by atoms with Gasteiger partial charge in [-0.25, -0.2) is 4.98 Å². The molecule has 2 aromatic heterocycles. The van der Waals surface area contributed by atoms with Gasteiger partial charge in [0, 0.05) is 57.5 Å². The van der Waals surface area contributed by atoms with Crippen molar-refractivity contribution in [3.63, 3.8) is 0 Å². The fraction of sp³-hybridized carbons (Fsp3) is 0.571. The van der Waals surface area contributed by atoms with Crippen LogP contribution >= 0.6 is 0 Å². The number of hydrogen-bond acceptors (Lipinski definition) is 5. The van der Waals surface area contributed by atoms with Crippen LogP contribution in [0.1, 0.15) is 38.1 Å². The molecule has 4 rings (SSSR count). The summed E-state index contributed by atoms with van der Waals surface area (Å²) in [6.07, 6.45) is 8.73. The van der Waals surface area contributed by atoms with Crippen LogP contribution in [0.15, 0.2) is 36.9 Å². The predicted molar refractivity (Wildman–Crippen MR) is 105 cm³/mol. The van der Waals surface area contributed by atoms with Gasteiger partial charge in [-0.2, -0.15) is 0 Å². The summed E-state index contributed by atoms with van der Waals surface area (Å²) in [6, 6.07) is 4.12. The zero-order valence-electron chi connectivity index (χ0n) is 16.8. The molecule has 28 heavy (non-hydrogen) atoms. The quantitative estimate of drug-likeness (QED) is 0.791. The highest BCUT2D eigenvalue weighted by Gasteiger charge is 2.47. The fourth-order valence-electron chi connectivity index (χ4n) is 4.42. The Balaban J connectivity index is 1.50. The van der Waals surface area contributed by atoms with Crippen LogP contribution in [0.25, 0.3) is 0 Å². The summed E-state index contributed by atoms with van der Waals surface area (Å²) in [4.78, 5) is 26.0. The number of fused-ring (bicyclic) bond motifs is 2. The molecular formula is C21H29N5O2. The number of imidazole rings is 1. The van der Waals surface area contributed by atoms with Crippen molar-refractivity contribution < 1.29 is 9.53 Å². The Bertz CT molecular complexity index is 794. The normalized spacial score (nSPS) is 21.4. The van der Waals surface area contributed by atoms with E-state index in [0.29, 0.717) is 19.6 Å². The minimum absolute atomic E-state index is 0.0861. The second-order valence-electron chi connectivity index (χ2n) is 7.65. The lowest BCUT2D eigenvalue weighted by Gasteiger charge is -2.46.